The van der Waals surface area contributed by atoms with E-state index in [9.17, 15) is 14.0 Å². The highest BCUT2D eigenvalue weighted by molar-refractivity contribution is 5.94. The van der Waals surface area contributed by atoms with Gasteiger partial charge >= 0.3 is 6.03 Å². The van der Waals surface area contributed by atoms with Gasteiger partial charge in [-0.1, -0.05) is 30.3 Å². The maximum absolute atomic E-state index is 13.4. The van der Waals surface area contributed by atoms with E-state index in [1.165, 1.54) is 21.9 Å². The van der Waals surface area contributed by atoms with E-state index in [0.29, 0.717) is 36.8 Å². The molecule has 8 nitrogen and oxygen atoms in total. The molecule has 0 aliphatic rings. The number of carbonyl (C=O) groups is 2. The summed E-state index contributed by atoms with van der Waals surface area (Å²) in [7, 11) is 4.87. The van der Waals surface area contributed by atoms with Gasteiger partial charge in [0.05, 0.1) is 11.4 Å². The van der Waals surface area contributed by atoms with E-state index in [1.54, 1.807) is 44.1 Å². The number of nitrogens with one attached hydrogen (secondary N) is 1. The topological polar surface area (TPSA) is 79.7 Å². The Morgan fingerprint density at radius 3 is 2.42 bits per heavy atom. The molecule has 0 bridgehead atoms. The second kappa shape index (κ2) is 11.2. The molecule has 174 valence electrons. The van der Waals surface area contributed by atoms with E-state index < -0.39 is 0 Å². The molecule has 0 saturated carbocycles. The summed E-state index contributed by atoms with van der Waals surface area (Å²) in [6.07, 6.45) is 0.606. The number of ether oxygens (including phenoxy) is 1. The van der Waals surface area contributed by atoms with Crippen LogP contribution in [-0.4, -0.2) is 72.4 Å². The molecule has 0 spiro atoms. The fourth-order valence-corrected chi connectivity index (χ4v) is 3.28. The molecule has 1 N–H and O–H groups in total. The van der Waals surface area contributed by atoms with Crippen LogP contribution in [0, 0.1) is 5.82 Å². The van der Waals surface area contributed by atoms with Crippen LogP contribution in [0.5, 0.6) is 0 Å². The van der Waals surface area contributed by atoms with Crippen molar-refractivity contribution in [2.24, 2.45) is 0 Å². The number of nitrogens with zero attached hydrogens (tertiary/aromatic N) is 4. The first-order chi connectivity index (χ1) is 15.9. The van der Waals surface area contributed by atoms with Crippen molar-refractivity contribution < 1.29 is 18.7 Å². The molecule has 0 fully saturated rings. The molecule has 0 unspecified atom stereocenters. The van der Waals surface area contributed by atoms with Gasteiger partial charge in [-0.2, -0.15) is 5.10 Å². The first-order valence-electron chi connectivity index (χ1n) is 10.6. The molecular weight excluding hydrogens is 425 g/mol. The molecule has 0 aliphatic heterocycles. The number of hydrogen-bond acceptors (Lipinski definition) is 4. The van der Waals surface area contributed by atoms with Crippen molar-refractivity contribution in [3.63, 3.8) is 0 Å². The van der Waals surface area contributed by atoms with E-state index in [-0.39, 0.29) is 24.3 Å². The lowest BCUT2D eigenvalue weighted by atomic mass is 10.1. The van der Waals surface area contributed by atoms with Crippen molar-refractivity contribution in [2.45, 2.75) is 6.42 Å². The van der Waals surface area contributed by atoms with Gasteiger partial charge in [0, 0.05) is 46.0 Å². The Bertz CT molecular complexity index is 1070. The molecule has 2 aromatic carbocycles. The third-order valence-electron chi connectivity index (χ3n) is 4.88. The van der Waals surface area contributed by atoms with Crippen molar-refractivity contribution in [1.29, 1.82) is 0 Å². The lowest BCUT2D eigenvalue weighted by Gasteiger charge is -2.25. The third-order valence-corrected chi connectivity index (χ3v) is 4.88. The van der Waals surface area contributed by atoms with Crippen molar-refractivity contribution in [2.75, 3.05) is 46.2 Å². The first kappa shape index (κ1) is 23.9. The van der Waals surface area contributed by atoms with Gasteiger partial charge in [-0.15, -0.1) is 0 Å². The van der Waals surface area contributed by atoms with Crippen molar-refractivity contribution in [1.82, 2.24) is 19.6 Å². The molecule has 33 heavy (non-hydrogen) atoms. The molecular formula is C24H28FN5O3. The molecule has 9 heteroatoms. The number of aromatic nitrogens is 2. The molecule has 3 aromatic rings. The van der Waals surface area contributed by atoms with Crippen molar-refractivity contribution in [3.8, 4) is 16.9 Å². The van der Waals surface area contributed by atoms with Gasteiger partial charge in [-0.3, -0.25) is 4.79 Å². The van der Waals surface area contributed by atoms with Gasteiger partial charge in [-0.25, -0.2) is 13.9 Å². The van der Waals surface area contributed by atoms with E-state index in [1.807, 2.05) is 30.3 Å². The number of amides is 3. The predicted octanol–water partition coefficient (Wildman–Crippen LogP) is 3.64. The predicted molar refractivity (Wildman–Crippen MR) is 125 cm³/mol. The number of halogens is 1. The van der Waals surface area contributed by atoms with E-state index in [4.69, 9.17) is 4.74 Å². The monoisotopic (exact) mass is 453 g/mol. The zero-order valence-electron chi connectivity index (χ0n) is 19.0. The van der Waals surface area contributed by atoms with Crippen molar-refractivity contribution in [3.05, 3.63) is 66.5 Å². The quantitative estimate of drug-likeness (QED) is 0.502. The second-order valence-corrected chi connectivity index (χ2v) is 7.66. The average molecular weight is 454 g/mol. The lowest BCUT2D eigenvalue weighted by molar-refractivity contribution is -0.117. The van der Waals surface area contributed by atoms with Crippen molar-refractivity contribution >= 4 is 17.8 Å². The lowest BCUT2D eigenvalue weighted by Crippen LogP contribution is -2.44. The standard InChI is InChI=1S/C24H28FN5O3/c1-28(2)24(32)29(14-7-15-33-3)17-23(31)26-22-16-21(18-8-5-4-6-9-18)27-30(22)20-12-10-19(25)11-13-20/h4-6,8-13,16H,7,14-15,17H2,1-3H3,(H,26,31). The summed E-state index contributed by atoms with van der Waals surface area (Å²) in [6.45, 7) is 0.733. The summed E-state index contributed by atoms with van der Waals surface area (Å²) >= 11 is 0. The Morgan fingerprint density at radius 2 is 1.79 bits per heavy atom. The largest absolute Gasteiger partial charge is 0.385 e. The second-order valence-electron chi connectivity index (χ2n) is 7.66. The van der Waals surface area contributed by atoms with E-state index in [2.05, 4.69) is 10.4 Å². The smallest absolute Gasteiger partial charge is 0.319 e. The number of rotatable bonds is 9. The SMILES string of the molecule is COCCCN(CC(=O)Nc1cc(-c2ccccc2)nn1-c1ccc(F)cc1)C(=O)N(C)C. The number of benzene rings is 2. The number of urea groups is 1. The molecule has 0 aliphatic carbocycles. The Labute approximate surface area is 192 Å². The summed E-state index contributed by atoms with van der Waals surface area (Å²) in [5.74, 6) is -0.321. The van der Waals surface area contributed by atoms with E-state index >= 15 is 0 Å². The van der Waals surface area contributed by atoms with Gasteiger partial charge in [0.25, 0.3) is 0 Å². The number of methoxy groups -OCH3 is 1. The minimum absolute atomic E-state index is 0.129. The highest BCUT2D eigenvalue weighted by Gasteiger charge is 2.20. The minimum Gasteiger partial charge on any atom is -0.385 e. The number of anilines is 1. The van der Waals surface area contributed by atoms with E-state index in [0.717, 1.165) is 5.56 Å². The van der Waals surface area contributed by atoms with Gasteiger partial charge in [0.15, 0.2) is 0 Å². The highest BCUT2D eigenvalue weighted by atomic mass is 19.1. The third kappa shape index (κ3) is 6.39. The van der Waals surface area contributed by atoms with Gasteiger partial charge in [0.2, 0.25) is 5.91 Å². The summed E-state index contributed by atoms with van der Waals surface area (Å²) in [6, 6.07) is 16.8. The Morgan fingerprint density at radius 1 is 1.09 bits per heavy atom. The Balaban J connectivity index is 1.85. The maximum Gasteiger partial charge on any atom is 0.319 e. The normalized spacial score (nSPS) is 10.7. The van der Waals surface area contributed by atoms with Gasteiger partial charge in [0.1, 0.15) is 18.2 Å². The van der Waals surface area contributed by atoms with Crippen LogP contribution < -0.4 is 5.32 Å². The molecule has 0 saturated heterocycles. The summed E-state index contributed by atoms with van der Waals surface area (Å²) in [4.78, 5) is 28.3. The van der Waals surface area contributed by atoms with Crippen LogP contribution in [0.15, 0.2) is 60.7 Å². The van der Waals surface area contributed by atoms with Crippen LogP contribution in [0.1, 0.15) is 6.42 Å². The van der Waals surface area contributed by atoms with Crippen LogP contribution in [0.3, 0.4) is 0 Å². The summed E-state index contributed by atoms with van der Waals surface area (Å²) in [5, 5.41) is 7.46. The Hall–Kier alpha value is -3.72. The summed E-state index contributed by atoms with van der Waals surface area (Å²) in [5.41, 5.74) is 2.12. The molecule has 0 radical (unpaired) electrons. The maximum atomic E-state index is 13.4. The van der Waals surface area contributed by atoms with Crippen LogP contribution in [0.2, 0.25) is 0 Å². The molecule has 0 atom stereocenters. The molecule has 3 rings (SSSR count). The van der Waals surface area contributed by atoms with Crippen LogP contribution in [0.4, 0.5) is 15.0 Å². The summed E-state index contributed by atoms with van der Waals surface area (Å²) < 4.78 is 20.1. The average Bonchev–Trinajstić information content (AvgIpc) is 3.22. The molecule has 1 aromatic heterocycles. The fraction of sp³-hybridized carbons (Fsp3) is 0.292. The van der Waals surface area contributed by atoms with Crippen LogP contribution >= 0.6 is 0 Å². The highest BCUT2D eigenvalue weighted by Crippen LogP contribution is 2.25. The van der Waals surface area contributed by atoms with Gasteiger partial charge < -0.3 is 19.9 Å². The zero-order valence-corrected chi connectivity index (χ0v) is 19.0. The fourth-order valence-electron chi connectivity index (χ4n) is 3.28. The number of hydrogen-bond donors (Lipinski definition) is 1. The molecule has 3 amide bonds. The number of carbonyl (C=O) groups excluding carboxylic acids is 2. The first-order valence-corrected chi connectivity index (χ1v) is 10.6. The van der Waals surface area contributed by atoms with Crippen LogP contribution in [-0.2, 0) is 9.53 Å². The minimum atomic E-state index is -0.370. The van der Waals surface area contributed by atoms with Gasteiger partial charge in [-0.05, 0) is 30.7 Å². The van der Waals surface area contributed by atoms with Crippen LogP contribution in [0.25, 0.3) is 16.9 Å². The Kier molecular flexibility index (Phi) is 8.15. The molecule has 1 heterocycles. The zero-order chi connectivity index (χ0) is 23.8.